The number of fused-ring (bicyclic) bond motifs is 2. The number of nitrogens with zero attached hydrogens (tertiary/aromatic N) is 15. The minimum absolute atomic E-state index is 0.0315. The molecule has 5 aliphatic heterocycles. The summed E-state index contributed by atoms with van der Waals surface area (Å²) in [6.45, 7) is 15.0. The van der Waals surface area contributed by atoms with E-state index in [2.05, 4.69) is 70.5 Å². The molecule has 4 fully saturated rings. The summed E-state index contributed by atoms with van der Waals surface area (Å²) in [4.78, 5) is 61.8. The number of ether oxygens (including phenoxy) is 2. The third kappa shape index (κ3) is 22.4. The number of piperidine rings is 3. The molecule has 2 aromatic carbocycles. The largest absolute Gasteiger partial charge is 0.486 e. The average molecular weight is 1530 g/mol. The number of halogens is 6. The van der Waals surface area contributed by atoms with Gasteiger partial charge >= 0.3 is 11.6 Å². The lowest BCUT2D eigenvalue weighted by Gasteiger charge is -2.34. The number of aromatic nitrogens is 8. The first kappa shape index (κ1) is 78.9. The molecule has 8 aromatic rings. The SMILES string of the molecule is CC(C)N1CCOc2c(F)cc(-c3nc(Cc4ccc(N5CCC(O)CC5)cn4)ncc3F)cc21.CC(C)N1CCOc2c(F)cc(-c3nc(Cl)ncc3F)cc21.Nc1ccc(N2CCC(O)CC2)cn1.O=[N+]([O-])c1ccc(Br)cn1.O=[N+]([O-])c1ccc(N2CCC(O)CC2)cn1.OC1CCCCC1. The molecule has 11 heterocycles. The van der Waals surface area contributed by atoms with Gasteiger partial charge in [-0.15, -0.1) is 0 Å². The Kier molecular flexibility index (Phi) is 28.8. The van der Waals surface area contributed by atoms with Gasteiger partial charge in [0.05, 0.1) is 102 Å². The molecule has 556 valence electrons. The van der Waals surface area contributed by atoms with Crippen LogP contribution >= 0.6 is 27.5 Å². The first-order valence-corrected chi connectivity index (χ1v) is 35.7. The van der Waals surface area contributed by atoms with Gasteiger partial charge in [0.15, 0.2) is 47.2 Å². The molecule has 0 radical (unpaired) electrons. The van der Waals surface area contributed by atoms with Crippen molar-refractivity contribution in [3.8, 4) is 34.0 Å². The number of nitro groups is 2. The molecule has 6 aliphatic rings. The number of hydrogen-bond acceptors (Lipinski definition) is 24. The number of aliphatic hydroxyl groups excluding tert-OH is 4. The number of pyridine rings is 4. The Hall–Kier alpha value is -9.27. The van der Waals surface area contributed by atoms with E-state index in [9.17, 15) is 53.1 Å². The van der Waals surface area contributed by atoms with Crippen molar-refractivity contribution in [1.82, 2.24) is 39.9 Å². The third-order valence-corrected chi connectivity index (χ3v) is 18.6. The van der Waals surface area contributed by atoms with Gasteiger partial charge in [0, 0.05) is 80.3 Å². The Balaban J connectivity index is 0.000000156. The van der Waals surface area contributed by atoms with Gasteiger partial charge in [0.25, 0.3) is 0 Å². The highest BCUT2D eigenvalue weighted by Gasteiger charge is 2.29. The van der Waals surface area contributed by atoms with Gasteiger partial charge in [0.1, 0.15) is 36.2 Å². The van der Waals surface area contributed by atoms with Crippen molar-refractivity contribution in [3.05, 3.63) is 175 Å². The van der Waals surface area contributed by atoms with E-state index in [1.807, 2.05) is 55.7 Å². The zero-order chi connectivity index (χ0) is 74.6. The highest BCUT2D eigenvalue weighted by Crippen LogP contribution is 2.41. The van der Waals surface area contributed by atoms with E-state index in [4.69, 9.17) is 31.9 Å². The maximum Gasteiger partial charge on any atom is 0.363 e. The van der Waals surface area contributed by atoms with Crippen molar-refractivity contribution in [2.75, 3.05) is 95.8 Å². The fourth-order valence-corrected chi connectivity index (χ4v) is 12.6. The molecule has 6 N–H and O–H groups in total. The van der Waals surface area contributed by atoms with Crippen LogP contribution in [0.4, 0.5) is 63.5 Å². The first-order valence-electron chi connectivity index (χ1n) is 34.5. The van der Waals surface area contributed by atoms with Gasteiger partial charge in [-0.25, -0.2) is 42.5 Å². The summed E-state index contributed by atoms with van der Waals surface area (Å²) in [5.74, 6) is -1.31. The predicted molar refractivity (Wildman–Crippen MR) is 392 cm³/mol. The van der Waals surface area contributed by atoms with Crippen molar-refractivity contribution in [1.29, 1.82) is 0 Å². The molecule has 0 spiro atoms. The molecular formula is C72H86BrClF4N16O10. The lowest BCUT2D eigenvalue weighted by molar-refractivity contribution is -0.389. The van der Waals surface area contributed by atoms with Crippen molar-refractivity contribution in [2.45, 2.75) is 141 Å². The molecule has 32 heteroatoms. The molecular weight excluding hydrogens is 1440 g/mol. The standard InChI is InChI=1S/C26H29F2N5O2.C15H14ClF2N3O.C10H13N3O3.C10H15N3O.C6H12O.C5H3BrN2O2/c1-16(2)33-9-10-35-26-21(27)11-17(12-23(26)33)25-22(28)15-30-24(31-25)13-18-3-4-19(14-29-18)32-7-5-20(34)6-8-32;1-8(2)21-3-4-22-14-10(17)5-9(6-12(14)21)13-11(18)7-19-15(16)20-13;14-9-3-5-12(6-4-9)8-1-2-10(11-7-8)13(15)16;11-10-2-1-8(7-12-10)13-5-3-9(14)4-6-13;7-6-4-2-1-3-5-6;6-4-1-2-5(7-3-4)8(9)10/h3-4,11-12,14-16,20,34H,5-10,13H2,1-2H3;5-8H,3-4H2,1-2H3;1-2,7,9,14H,3-6H2;1-2,7,9,14H,3-6H2,(H2,11,12);6-7H,1-5H2;1-3H. The Morgan fingerprint density at radius 2 is 0.942 bits per heavy atom. The Morgan fingerprint density at radius 1 is 0.519 bits per heavy atom. The summed E-state index contributed by atoms with van der Waals surface area (Å²) >= 11 is 8.82. The molecule has 0 unspecified atom stereocenters. The van der Waals surface area contributed by atoms with Crippen molar-refractivity contribution < 1.29 is 57.3 Å². The Labute approximate surface area is 613 Å². The number of aliphatic hydroxyl groups is 4. The Bertz CT molecular complexity index is 4090. The summed E-state index contributed by atoms with van der Waals surface area (Å²) in [6, 6.07) is 19.9. The zero-order valence-corrected chi connectivity index (χ0v) is 60.5. The van der Waals surface area contributed by atoms with Crippen LogP contribution in [0, 0.1) is 43.5 Å². The quantitative estimate of drug-likeness (QED) is 0.0347. The summed E-state index contributed by atoms with van der Waals surface area (Å²) in [5.41, 5.74) is 11.1. The normalized spacial score (nSPS) is 16.2. The van der Waals surface area contributed by atoms with E-state index >= 15 is 0 Å². The first-order chi connectivity index (χ1) is 49.9. The molecule has 0 bridgehead atoms. The smallest absolute Gasteiger partial charge is 0.363 e. The molecule has 14 rings (SSSR count). The molecule has 0 amide bonds. The number of benzene rings is 2. The number of hydrogen-bond donors (Lipinski definition) is 5. The van der Waals surface area contributed by atoms with Gasteiger partial charge in [-0.3, -0.25) is 4.98 Å². The molecule has 104 heavy (non-hydrogen) atoms. The van der Waals surface area contributed by atoms with Crippen LogP contribution in [0.1, 0.15) is 110 Å². The van der Waals surface area contributed by atoms with Gasteiger partial charge in [-0.2, -0.15) is 0 Å². The topological polar surface area (TPSA) is 331 Å². The second-order valence-electron chi connectivity index (χ2n) is 26.0. The third-order valence-electron chi connectivity index (χ3n) is 17.9. The lowest BCUT2D eigenvalue weighted by atomic mass is 9.98. The molecule has 6 aromatic heterocycles. The van der Waals surface area contributed by atoms with Gasteiger partial charge in [-0.05, 0) is 187 Å². The van der Waals surface area contributed by atoms with E-state index in [1.54, 1.807) is 42.7 Å². The number of nitrogen functional groups attached to an aromatic ring is 1. The van der Waals surface area contributed by atoms with Crippen LogP contribution < -0.4 is 39.7 Å². The molecule has 1 aliphatic carbocycles. The van der Waals surface area contributed by atoms with E-state index in [1.165, 1.54) is 55.9 Å². The van der Waals surface area contributed by atoms with Gasteiger partial charge < -0.3 is 80.4 Å². The number of anilines is 6. The van der Waals surface area contributed by atoms with Crippen LogP contribution in [-0.2, 0) is 6.42 Å². The number of nitrogens with two attached hydrogens (primary N) is 1. The molecule has 1 saturated carbocycles. The van der Waals surface area contributed by atoms with Crippen LogP contribution in [0.3, 0.4) is 0 Å². The van der Waals surface area contributed by atoms with Crippen LogP contribution in [-0.4, -0.2) is 172 Å². The second-order valence-corrected chi connectivity index (χ2v) is 27.3. The molecule has 26 nitrogen and oxygen atoms in total. The van der Waals surface area contributed by atoms with E-state index in [0.717, 1.165) is 130 Å². The van der Waals surface area contributed by atoms with E-state index in [-0.39, 0.29) is 76.3 Å². The summed E-state index contributed by atoms with van der Waals surface area (Å²) in [7, 11) is 0. The minimum Gasteiger partial charge on any atom is -0.486 e. The molecule has 3 saturated heterocycles. The van der Waals surface area contributed by atoms with Crippen molar-refractivity contribution in [3.63, 3.8) is 0 Å². The fourth-order valence-electron chi connectivity index (χ4n) is 12.2. The highest BCUT2D eigenvalue weighted by atomic mass is 79.9. The van der Waals surface area contributed by atoms with Crippen molar-refractivity contribution in [2.24, 2.45) is 0 Å². The Morgan fingerprint density at radius 3 is 1.34 bits per heavy atom. The van der Waals surface area contributed by atoms with Gasteiger partial charge in [0.2, 0.25) is 5.28 Å². The monoisotopic (exact) mass is 1520 g/mol. The average Bonchev–Trinajstić information content (AvgIpc) is 0.782. The predicted octanol–water partition coefficient (Wildman–Crippen LogP) is 12.3. The van der Waals surface area contributed by atoms with Crippen LogP contribution in [0.5, 0.6) is 11.5 Å². The summed E-state index contributed by atoms with van der Waals surface area (Å²) in [5, 5.41) is 57.7. The maximum absolute atomic E-state index is 14.9. The van der Waals surface area contributed by atoms with E-state index in [0.29, 0.717) is 66.9 Å². The lowest BCUT2D eigenvalue weighted by Crippen LogP contribution is -2.38. The molecule has 0 atom stereocenters. The van der Waals surface area contributed by atoms with Crippen LogP contribution in [0.25, 0.3) is 22.5 Å². The number of rotatable bonds is 11. The fraction of sp³-hybridized carbons (Fsp3) is 0.444. The van der Waals surface area contributed by atoms with E-state index < -0.39 is 33.1 Å². The van der Waals surface area contributed by atoms with Gasteiger partial charge in [-0.1, -0.05) is 19.3 Å². The zero-order valence-electron chi connectivity index (χ0n) is 58.2. The summed E-state index contributed by atoms with van der Waals surface area (Å²) in [6.07, 6.45) is 18.9. The van der Waals surface area contributed by atoms with Crippen LogP contribution in [0.2, 0.25) is 5.28 Å². The van der Waals surface area contributed by atoms with Crippen LogP contribution in [0.15, 0.2) is 114 Å². The minimum atomic E-state index is -0.656. The van der Waals surface area contributed by atoms with Crippen molar-refractivity contribution >= 4 is 73.4 Å². The maximum atomic E-state index is 14.9. The highest BCUT2D eigenvalue weighted by molar-refractivity contribution is 9.10. The second kappa shape index (κ2) is 38.0. The summed E-state index contributed by atoms with van der Waals surface area (Å²) < 4.78 is 69.6.